The van der Waals surface area contributed by atoms with Gasteiger partial charge in [0, 0.05) is 13.2 Å². The van der Waals surface area contributed by atoms with Crippen LogP contribution in [0.1, 0.15) is 50.7 Å². The molecule has 0 radical (unpaired) electrons. The first-order valence-electron chi connectivity index (χ1n) is 7.31. The highest BCUT2D eigenvalue weighted by Crippen LogP contribution is 2.21. The first kappa shape index (κ1) is 16.7. The van der Waals surface area contributed by atoms with Gasteiger partial charge in [-0.05, 0) is 37.7 Å². The minimum atomic E-state index is -0.124. The Morgan fingerprint density at radius 1 is 1.40 bits per heavy atom. The summed E-state index contributed by atoms with van der Waals surface area (Å²) in [5, 5.41) is 12.2. The minimum Gasteiger partial charge on any atom is -0.396 e. The predicted octanol–water partition coefficient (Wildman–Crippen LogP) is 3.01. The predicted molar refractivity (Wildman–Crippen MR) is 82.7 cm³/mol. The van der Waals surface area contributed by atoms with Crippen LogP contribution in [0.4, 0.5) is 0 Å². The first-order chi connectivity index (χ1) is 9.35. The van der Waals surface area contributed by atoms with Gasteiger partial charge in [-0.3, -0.25) is 4.79 Å². The molecule has 0 aliphatic carbocycles. The van der Waals surface area contributed by atoms with Crippen molar-refractivity contribution in [1.29, 1.82) is 0 Å². The lowest BCUT2D eigenvalue weighted by Gasteiger charge is -2.21. The molecule has 1 aromatic rings. The second kappa shape index (κ2) is 7.44. The smallest absolute Gasteiger partial charge is 0.227 e. The normalized spacial score (nSPS) is 13.1. The summed E-state index contributed by atoms with van der Waals surface area (Å²) >= 11 is 0. The van der Waals surface area contributed by atoms with E-state index in [1.54, 1.807) is 0 Å². The summed E-state index contributed by atoms with van der Waals surface area (Å²) in [6.45, 7) is 8.88. The van der Waals surface area contributed by atoms with Crippen LogP contribution in [-0.2, 0) is 4.79 Å². The standard InChI is InChI=1S/C17H27NO2/c1-13-7-5-8-15(11-13)14(2)16(20)18-10-6-9-17(3,4)12-19/h5,7-8,11,14,19H,6,9-10,12H2,1-4H3,(H,18,20). The van der Waals surface area contributed by atoms with Gasteiger partial charge in [0.2, 0.25) is 5.91 Å². The number of aliphatic hydroxyl groups excluding tert-OH is 1. The van der Waals surface area contributed by atoms with Gasteiger partial charge in [-0.25, -0.2) is 0 Å². The molecule has 0 aliphatic heterocycles. The average Bonchev–Trinajstić information content (AvgIpc) is 2.42. The van der Waals surface area contributed by atoms with Gasteiger partial charge < -0.3 is 10.4 Å². The SMILES string of the molecule is Cc1cccc(C(C)C(=O)NCCCC(C)(C)CO)c1. The van der Waals surface area contributed by atoms with Crippen molar-refractivity contribution < 1.29 is 9.90 Å². The van der Waals surface area contributed by atoms with Crippen molar-refractivity contribution in [3.05, 3.63) is 35.4 Å². The molecular weight excluding hydrogens is 250 g/mol. The Labute approximate surface area is 122 Å². The van der Waals surface area contributed by atoms with Gasteiger partial charge in [0.05, 0.1) is 5.92 Å². The van der Waals surface area contributed by atoms with Gasteiger partial charge in [0.25, 0.3) is 0 Å². The van der Waals surface area contributed by atoms with Crippen LogP contribution in [0.25, 0.3) is 0 Å². The summed E-state index contributed by atoms with van der Waals surface area (Å²) in [5.74, 6) is -0.0573. The maximum atomic E-state index is 12.1. The zero-order valence-electron chi connectivity index (χ0n) is 13.1. The Morgan fingerprint density at radius 2 is 2.10 bits per heavy atom. The molecule has 1 amide bonds. The van der Waals surface area contributed by atoms with Crippen molar-refractivity contribution in [2.75, 3.05) is 13.2 Å². The number of hydrogen-bond donors (Lipinski definition) is 2. The van der Waals surface area contributed by atoms with Crippen molar-refractivity contribution in [2.45, 2.75) is 46.5 Å². The lowest BCUT2D eigenvalue weighted by atomic mass is 9.89. The highest BCUT2D eigenvalue weighted by molar-refractivity contribution is 5.83. The van der Waals surface area contributed by atoms with E-state index in [-0.39, 0.29) is 23.8 Å². The Balaban J connectivity index is 2.40. The highest BCUT2D eigenvalue weighted by Gasteiger charge is 2.17. The van der Waals surface area contributed by atoms with E-state index >= 15 is 0 Å². The molecule has 1 unspecified atom stereocenters. The molecule has 0 saturated heterocycles. The van der Waals surface area contributed by atoms with Crippen molar-refractivity contribution >= 4 is 5.91 Å². The number of amides is 1. The molecule has 3 nitrogen and oxygen atoms in total. The van der Waals surface area contributed by atoms with Gasteiger partial charge in [0.1, 0.15) is 0 Å². The van der Waals surface area contributed by atoms with E-state index < -0.39 is 0 Å². The number of benzene rings is 1. The molecule has 1 rings (SSSR count). The molecular formula is C17H27NO2. The van der Waals surface area contributed by atoms with Crippen LogP contribution in [0.15, 0.2) is 24.3 Å². The maximum Gasteiger partial charge on any atom is 0.227 e. The summed E-state index contributed by atoms with van der Waals surface area (Å²) in [4.78, 5) is 12.1. The summed E-state index contributed by atoms with van der Waals surface area (Å²) < 4.78 is 0. The number of carbonyl (C=O) groups excluding carboxylic acids is 1. The van der Waals surface area contributed by atoms with Crippen molar-refractivity contribution in [3.8, 4) is 0 Å². The zero-order chi connectivity index (χ0) is 15.2. The molecule has 0 saturated carbocycles. The van der Waals surface area contributed by atoms with Crippen LogP contribution in [0.2, 0.25) is 0 Å². The Hall–Kier alpha value is -1.35. The van der Waals surface area contributed by atoms with E-state index in [9.17, 15) is 9.90 Å². The summed E-state index contributed by atoms with van der Waals surface area (Å²) in [5.41, 5.74) is 2.16. The highest BCUT2D eigenvalue weighted by atomic mass is 16.3. The molecule has 1 aromatic carbocycles. The van der Waals surface area contributed by atoms with Gasteiger partial charge in [0.15, 0.2) is 0 Å². The fraction of sp³-hybridized carbons (Fsp3) is 0.588. The van der Waals surface area contributed by atoms with E-state index in [1.165, 1.54) is 5.56 Å². The van der Waals surface area contributed by atoms with Crippen molar-refractivity contribution in [2.24, 2.45) is 5.41 Å². The third-order valence-electron chi connectivity index (χ3n) is 3.69. The number of aliphatic hydroxyl groups is 1. The lowest BCUT2D eigenvalue weighted by molar-refractivity contribution is -0.122. The van der Waals surface area contributed by atoms with Gasteiger partial charge >= 0.3 is 0 Å². The largest absolute Gasteiger partial charge is 0.396 e. The third-order valence-corrected chi connectivity index (χ3v) is 3.69. The summed E-state index contributed by atoms with van der Waals surface area (Å²) in [6, 6.07) is 8.06. The molecule has 1 atom stereocenters. The number of aryl methyl sites for hydroxylation is 1. The molecule has 0 bridgehead atoms. The van der Waals surface area contributed by atoms with E-state index in [0.29, 0.717) is 6.54 Å². The molecule has 0 fully saturated rings. The van der Waals surface area contributed by atoms with Crippen LogP contribution < -0.4 is 5.32 Å². The molecule has 0 heterocycles. The second-order valence-corrected chi connectivity index (χ2v) is 6.35. The number of hydrogen-bond acceptors (Lipinski definition) is 2. The Morgan fingerprint density at radius 3 is 2.70 bits per heavy atom. The van der Waals surface area contributed by atoms with Gasteiger partial charge in [-0.15, -0.1) is 0 Å². The summed E-state index contributed by atoms with van der Waals surface area (Å²) in [7, 11) is 0. The average molecular weight is 277 g/mol. The fourth-order valence-corrected chi connectivity index (χ4v) is 2.10. The number of nitrogens with one attached hydrogen (secondary N) is 1. The number of carbonyl (C=O) groups is 1. The van der Waals surface area contributed by atoms with Crippen LogP contribution >= 0.6 is 0 Å². The summed E-state index contributed by atoms with van der Waals surface area (Å²) in [6.07, 6.45) is 1.79. The molecule has 3 heteroatoms. The monoisotopic (exact) mass is 277 g/mol. The molecule has 0 spiro atoms. The van der Waals surface area contributed by atoms with Crippen LogP contribution in [-0.4, -0.2) is 24.2 Å². The van der Waals surface area contributed by atoms with E-state index in [0.717, 1.165) is 18.4 Å². The Kier molecular flexibility index (Phi) is 6.21. The van der Waals surface area contributed by atoms with E-state index in [2.05, 4.69) is 11.4 Å². The zero-order valence-corrected chi connectivity index (χ0v) is 13.1. The van der Waals surface area contributed by atoms with Crippen LogP contribution in [0, 0.1) is 12.3 Å². The van der Waals surface area contributed by atoms with Crippen molar-refractivity contribution in [1.82, 2.24) is 5.32 Å². The minimum absolute atomic E-state index is 0.0626. The third kappa shape index (κ3) is 5.33. The van der Waals surface area contributed by atoms with Gasteiger partial charge in [-0.2, -0.15) is 0 Å². The lowest BCUT2D eigenvalue weighted by Crippen LogP contribution is -2.30. The molecule has 112 valence electrons. The van der Waals surface area contributed by atoms with E-state index in [1.807, 2.05) is 45.9 Å². The molecule has 0 aromatic heterocycles. The number of rotatable bonds is 7. The maximum absolute atomic E-state index is 12.1. The Bertz CT molecular complexity index is 440. The topological polar surface area (TPSA) is 49.3 Å². The quantitative estimate of drug-likeness (QED) is 0.753. The van der Waals surface area contributed by atoms with Gasteiger partial charge in [-0.1, -0.05) is 43.7 Å². The molecule has 0 aliphatic rings. The van der Waals surface area contributed by atoms with Crippen LogP contribution in [0.3, 0.4) is 0 Å². The molecule has 2 N–H and O–H groups in total. The van der Waals surface area contributed by atoms with Crippen LogP contribution in [0.5, 0.6) is 0 Å². The van der Waals surface area contributed by atoms with Crippen molar-refractivity contribution in [3.63, 3.8) is 0 Å². The second-order valence-electron chi connectivity index (χ2n) is 6.35. The fourth-order valence-electron chi connectivity index (χ4n) is 2.10. The molecule has 20 heavy (non-hydrogen) atoms. The first-order valence-corrected chi connectivity index (χ1v) is 7.31. The van der Waals surface area contributed by atoms with E-state index in [4.69, 9.17) is 0 Å².